The van der Waals surface area contributed by atoms with Crippen molar-refractivity contribution in [2.75, 3.05) is 50.7 Å². The van der Waals surface area contributed by atoms with Crippen LogP contribution in [0.1, 0.15) is 30.4 Å². The minimum absolute atomic E-state index is 0.217. The van der Waals surface area contributed by atoms with Gasteiger partial charge in [0.15, 0.2) is 0 Å². The molecule has 2 fully saturated rings. The van der Waals surface area contributed by atoms with Gasteiger partial charge in [0.1, 0.15) is 6.61 Å². The van der Waals surface area contributed by atoms with Gasteiger partial charge >= 0.3 is 6.09 Å². The third kappa shape index (κ3) is 4.91. The highest BCUT2D eigenvalue weighted by Crippen LogP contribution is 2.28. The number of likely N-dealkylation sites (tertiary alicyclic amines) is 1. The maximum absolute atomic E-state index is 12.3. The molecule has 0 N–H and O–H groups in total. The topological polar surface area (TPSA) is 36.0 Å². The molecule has 4 rings (SSSR count). The van der Waals surface area contributed by atoms with Gasteiger partial charge in [-0.1, -0.05) is 49.4 Å². The van der Waals surface area contributed by atoms with E-state index in [0.717, 1.165) is 25.2 Å². The van der Waals surface area contributed by atoms with Crippen LogP contribution >= 0.6 is 0 Å². The molecular formula is C24H31N3O2. The quantitative estimate of drug-likeness (QED) is 0.771. The number of hydrogen-bond donors (Lipinski definition) is 0. The van der Waals surface area contributed by atoms with Crippen LogP contribution < -0.4 is 4.90 Å². The molecule has 1 unspecified atom stereocenters. The molecule has 2 aliphatic rings. The third-order valence-electron chi connectivity index (χ3n) is 6.19. The van der Waals surface area contributed by atoms with Crippen molar-refractivity contribution >= 4 is 11.8 Å². The van der Waals surface area contributed by atoms with Gasteiger partial charge in [0.05, 0.1) is 0 Å². The summed E-state index contributed by atoms with van der Waals surface area (Å²) in [7, 11) is 0. The van der Waals surface area contributed by atoms with Crippen molar-refractivity contribution in [1.82, 2.24) is 9.80 Å². The molecule has 1 atom stereocenters. The second kappa shape index (κ2) is 9.31. The average Bonchev–Trinajstić information content (AvgIpc) is 3.28. The molecular weight excluding hydrogens is 362 g/mol. The molecule has 0 spiro atoms. The molecule has 2 aromatic carbocycles. The van der Waals surface area contributed by atoms with Crippen molar-refractivity contribution in [1.29, 1.82) is 0 Å². The molecule has 2 saturated heterocycles. The summed E-state index contributed by atoms with van der Waals surface area (Å²) in [6, 6.07) is 18.9. The fourth-order valence-electron chi connectivity index (χ4n) is 4.31. The van der Waals surface area contributed by atoms with Gasteiger partial charge in [-0.3, -0.25) is 0 Å². The van der Waals surface area contributed by atoms with Crippen LogP contribution in [0.25, 0.3) is 0 Å². The molecule has 2 aromatic rings. The molecule has 5 nitrogen and oxygen atoms in total. The molecule has 154 valence electrons. The van der Waals surface area contributed by atoms with Crippen LogP contribution in [0.15, 0.2) is 54.6 Å². The molecule has 0 aromatic heterocycles. The first-order valence-corrected chi connectivity index (χ1v) is 10.8. The van der Waals surface area contributed by atoms with Gasteiger partial charge in [-0.2, -0.15) is 0 Å². The van der Waals surface area contributed by atoms with Crippen LogP contribution in [0.4, 0.5) is 10.5 Å². The van der Waals surface area contributed by atoms with Crippen LogP contribution in [-0.2, 0) is 11.3 Å². The van der Waals surface area contributed by atoms with Gasteiger partial charge in [-0.25, -0.2) is 4.79 Å². The number of piperazine rings is 1. The Kier molecular flexibility index (Phi) is 6.35. The normalized spacial score (nSPS) is 20.1. The van der Waals surface area contributed by atoms with Crippen molar-refractivity contribution in [2.45, 2.75) is 25.9 Å². The minimum atomic E-state index is -0.217. The predicted molar refractivity (Wildman–Crippen MR) is 116 cm³/mol. The summed E-state index contributed by atoms with van der Waals surface area (Å²) in [6.07, 6.45) is 1.04. The number of likely N-dealkylation sites (N-methyl/N-ethyl adjacent to an activating group) is 1. The first-order valence-electron chi connectivity index (χ1n) is 10.8. The SMILES string of the molecule is CCN1CCC(c2ccc(N3CCN(C(=O)OCc4ccccc4)CC3)cc2)C1. The van der Waals surface area contributed by atoms with E-state index >= 15 is 0 Å². The van der Waals surface area contributed by atoms with E-state index in [-0.39, 0.29) is 6.09 Å². The first-order chi connectivity index (χ1) is 14.2. The highest BCUT2D eigenvalue weighted by molar-refractivity contribution is 5.68. The Labute approximate surface area is 173 Å². The van der Waals surface area contributed by atoms with E-state index in [4.69, 9.17) is 4.74 Å². The maximum Gasteiger partial charge on any atom is 0.410 e. The highest BCUT2D eigenvalue weighted by atomic mass is 16.6. The standard InChI is InChI=1S/C24H31N3O2/c1-2-25-13-12-22(18-25)21-8-10-23(11-9-21)26-14-16-27(17-15-26)24(28)29-19-20-6-4-3-5-7-20/h3-11,22H,2,12-19H2,1H3. The lowest BCUT2D eigenvalue weighted by molar-refractivity contribution is 0.0942. The van der Waals surface area contributed by atoms with Crippen LogP contribution in [0, 0.1) is 0 Å². The Morgan fingerprint density at radius 2 is 1.69 bits per heavy atom. The molecule has 0 radical (unpaired) electrons. The second-order valence-electron chi connectivity index (χ2n) is 7.98. The zero-order valence-corrected chi connectivity index (χ0v) is 17.3. The number of rotatable bonds is 5. The molecule has 2 aliphatic heterocycles. The minimum Gasteiger partial charge on any atom is -0.445 e. The number of anilines is 1. The zero-order valence-electron chi connectivity index (χ0n) is 17.3. The molecule has 0 saturated carbocycles. The van der Waals surface area contributed by atoms with E-state index in [2.05, 4.69) is 41.0 Å². The van der Waals surface area contributed by atoms with Gasteiger partial charge in [0.25, 0.3) is 0 Å². The Balaban J connectivity index is 1.25. The van der Waals surface area contributed by atoms with Gasteiger partial charge in [-0.05, 0) is 48.7 Å². The number of carbonyl (C=O) groups excluding carboxylic acids is 1. The van der Waals surface area contributed by atoms with Crippen molar-refractivity contribution in [3.05, 3.63) is 65.7 Å². The lowest BCUT2D eigenvalue weighted by atomic mass is 9.98. The van der Waals surface area contributed by atoms with Crippen molar-refractivity contribution in [3.8, 4) is 0 Å². The lowest BCUT2D eigenvalue weighted by Crippen LogP contribution is -2.48. The fourth-order valence-corrected chi connectivity index (χ4v) is 4.31. The summed E-state index contributed by atoms with van der Waals surface area (Å²) in [4.78, 5) is 19.0. The van der Waals surface area contributed by atoms with Gasteiger partial charge in [-0.15, -0.1) is 0 Å². The average molecular weight is 394 g/mol. The van der Waals surface area contributed by atoms with Gasteiger partial charge in [0.2, 0.25) is 0 Å². The van der Waals surface area contributed by atoms with Crippen LogP contribution in [0.5, 0.6) is 0 Å². The number of carbonyl (C=O) groups is 1. The molecule has 29 heavy (non-hydrogen) atoms. The summed E-state index contributed by atoms with van der Waals surface area (Å²) >= 11 is 0. The predicted octanol–water partition coefficient (Wildman–Crippen LogP) is 3.95. The van der Waals surface area contributed by atoms with E-state index in [9.17, 15) is 4.79 Å². The Morgan fingerprint density at radius 1 is 0.966 bits per heavy atom. The van der Waals surface area contributed by atoms with E-state index in [1.54, 1.807) is 0 Å². The largest absolute Gasteiger partial charge is 0.445 e. The van der Waals surface area contributed by atoms with Crippen molar-refractivity contribution in [3.63, 3.8) is 0 Å². The Bertz CT molecular complexity index is 786. The number of benzene rings is 2. The van der Waals surface area contributed by atoms with E-state index in [0.29, 0.717) is 25.6 Å². The first kappa shape index (κ1) is 19.8. The van der Waals surface area contributed by atoms with Gasteiger partial charge < -0.3 is 19.4 Å². The lowest BCUT2D eigenvalue weighted by Gasteiger charge is -2.35. The smallest absolute Gasteiger partial charge is 0.410 e. The number of nitrogens with zero attached hydrogens (tertiary/aromatic N) is 3. The molecule has 1 amide bonds. The summed E-state index contributed by atoms with van der Waals surface area (Å²) in [5.41, 5.74) is 3.72. The van der Waals surface area contributed by atoms with Crippen LogP contribution in [0.3, 0.4) is 0 Å². The fraction of sp³-hybridized carbons (Fsp3) is 0.458. The van der Waals surface area contributed by atoms with E-state index in [1.165, 1.54) is 30.8 Å². The highest BCUT2D eigenvalue weighted by Gasteiger charge is 2.24. The van der Waals surface area contributed by atoms with Crippen LogP contribution in [0.2, 0.25) is 0 Å². The molecule has 0 bridgehead atoms. The monoisotopic (exact) mass is 393 g/mol. The van der Waals surface area contributed by atoms with E-state index in [1.807, 2.05) is 35.2 Å². The summed E-state index contributed by atoms with van der Waals surface area (Å²) in [6.45, 7) is 9.19. The maximum atomic E-state index is 12.3. The number of hydrogen-bond acceptors (Lipinski definition) is 4. The van der Waals surface area contributed by atoms with Gasteiger partial charge in [0, 0.05) is 38.4 Å². The summed E-state index contributed by atoms with van der Waals surface area (Å²) in [5, 5.41) is 0. The molecule has 5 heteroatoms. The number of ether oxygens (including phenoxy) is 1. The van der Waals surface area contributed by atoms with Crippen molar-refractivity contribution < 1.29 is 9.53 Å². The third-order valence-corrected chi connectivity index (χ3v) is 6.19. The second-order valence-corrected chi connectivity index (χ2v) is 7.98. The van der Waals surface area contributed by atoms with E-state index < -0.39 is 0 Å². The summed E-state index contributed by atoms with van der Waals surface area (Å²) in [5.74, 6) is 0.667. The van der Waals surface area contributed by atoms with Crippen molar-refractivity contribution in [2.24, 2.45) is 0 Å². The van der Waals surface area contributed by atoms with Crippen LogP contribution in [-0.4, -0.2) is 61.7 Å². The Hall–Kier alpha value is -2.53. The Morgan fingerprint density at radius 3 is 2.34 bits per heavy atom. The molecule has 0 aliphatic carbocycles. The summed E-state index contributed by atoms with van der Waals surface area (Å²) < 4.78 is 5.46. The number of amides is 1. The zero-order chi connectivity index (χ0) is 20.1. The molecule has 2 heterocycles.